The highest BCUT2D eigenvalue weighted by Crippen LogP contribution is 2.44. The highest BCUT2D eigenvalue weighted by Gasteiger charge is 2.51. The SMILES string of the molecule is C#Cc1c(C=C)ccc2cccc(-c3ncc4c(N5CC6CCC(C5)N6C(=O)OC(C)(C)C)nc(OC[C@@]56CCCN5[C@H](COC(=O)N(CCC)C(C)CCNCc5cccc7c5n(C)c(=O)n7C5CCC(=O)NC5=O)CC6)nc4c3F)c12. The number of hydrogen-bond acceptors (Lipinski definition) is 14. The topological polar surface area (TPSA) is 199 Å². The fourth-order valence-corrected chi connectivity index (χ4v) is 13.7. The molecule has 0 aliphatic carbocycles. The van der Waals surface area contributed by atoms with E-state index < -0.39 is 23.4 Å². The number of terminal acetylenes is 1. The molecule has 6 aromatic rings. The third-order valence-corrected chi connectivity index (χ3v) is 17.6. The van der Waals surface area contributed by atoms with E-state index in [1.165, 1.54) is 4.57 Å². The van der Waals surface area contributed by atoms with Gasteiger partial charge in [0.2, 0.25) is 11.8 Å². The summed E-state index contributed by atoms with van der Waals surface area (Å²) in [5.74, 6) is 1.83. The molecule has 8 heterocycles. The molecule has 2 bridgehead atoms. The molecule has 0 radical (unpaired) electrons. The predicted octanol–water partition coefficient (Wildman–Crippen LogP) is 8.62. The van der Waals surface area contributed by atoms with Gasteiger partial charge in [0.05, 0.1) is 34.0 Å². The van der Waals surface area contributed by atoms with Gasteiger partial charge >= 0.3 is 23.9 Å². The van der Waals surface area contributed by atoms with Gasteiger partial charge in [0.15, 0.2) is 5.82 Å². The number of halogens is 1. The van der Waals surface area contributed by atoms with Crippen LogP contribution in [-0.2, 0) is 32.7 Å². The molecular formula is C63H74FN11O8. The van der Waals surface area contributed by atoms with Gasteiger partial charge < -0.3 is 29.3 Å². The Morgan fingerprint density at radius 1 is 1.05 bits per heavy atom. The molecule has 5 aliphatic heterocycles. The van der Waals surface area contributed by atoms with Crippen molar-refractivity contribution < 1.29 is 37.8 Å². The van der Waals surface area contributed by atoms with E-state index in [0.29, 0.717) is 77.9 Å². The van der Waals surface area contributed by atoms with Gasteiger partial charge in [-0.05, 0) is 121 Å². The first-order chi connectivity index (χ1) is 39.9. The lowest BCUT2D eigenvalue weighted by molar-refractivity contribution is -0.135. The molecule has 4 amide bonds. The molecule has 5 saturated heterocycles. The molecule has 11 rings (SSSR count). The first-order valence-electron chi connectivity index (χ1n) is 29.3. The van der Waals surface area contributed by atoms with E-state index in [9.17, 15) is 24.0 Å². The molecule has 2 N–H and O–H groups in total. The number of anilines is 1. The van der Waals surface area contributed by atoms with Crippen molar-refractivity contribution >= 4 is 68.6 Å². The summed E-state index contributed by atoms with van der Waals surface area (Å²) in [5.41, 5.74) is 2.87. The summed E-state index contributed by atoms with van der Waals surface area (Å²) in [4.78, 5) is 88.5. The number of nitrogens with zero attached hydrogens (tertiary/aromatic N) is 9. The number of aryl methyl sites for hydroxylation is 1. The molecule has 436 valence electrons. The number of imidazole rings is 1. The van der Waals surface area contributed by atoms with Crippen LogP contribution in [0.15, 0.2) is 66.1 Å². The minimum atomic E-state index is -0.769. The lowest BCUT2D eigenvalue weighted by Crippen LogP contribution is -2.57. The van der Waals surface area contributed by atoms with Crippen LogP contribution in [0.25, 0.3) is 50.0 Å². The van der Waals surface area contributed by atoms with Crippen molar-refractivity contribution in [2.75, 3.05) is 50.8 Å². The number of piperidine rings is 1. The van der Waals surface area contributed by atoms with Crippen LogP contribution in [0.5, 0.6) is 6.01 Å². The molecule has 6 atom stereocenters. The number of carbonyl (C=O) groups excluding carboxylic acids is 4. The number of aromatic nitrogens is 5. The van der Waals surface area contributed by atoms with Crippen LogP contribution in [0.2, 0.25) is 0 Å². The van der Waals surface area contributed by atoms with Crippen molar-refractivity contribution in [2.24, 2.45) is 7.05 Å². The molecule has 4 unspecified atom stereocenters. The molecule has 0 spiro atoms. The second-order valence-electron chi connectivity index (χ2n) is 24.0. The van der Waals surface area contributed by atoms with Crippen molar-refractivity contribution in [3.05, 3.63) is 94.3 Å². The number of fused-ring (bicyclic) bond motifs is 6. The Bertz CT molecular complexity index is 3650. The number of nitrogens with one attached hydrogen (secondary N) is 2. The monoisotopic (exact) mass is 1130 g/mol. The molecule has 19 nitrogen and oxygen atoms in total. The summed E-state index contributed by atoms with van der Waals surface area (Å²) in [6.45, 7) is 17.3. The summed E-state index contributed by atoms with van der Waals surface area (Å²) in [5, 5.41) is 7.81. The van der Waals surface area contributed by atoms with Crippen molar-refractivity contribution in [2.45, 2.75) is 147 Å². The number of pyridine rings is 1. The summed E-state index contributed by atoms with van der Waals surface area (Å²) in [6.07, 6.45) is 15.5. The molecule has 5 fully saturated rings. The number of hydrogen-bond donors (Lipinski definition) is 2. The van der Waals surface area contributed by atoms with E-state index >= 15 is 4.39 Å². The maximum absolute atomic E-state index is 17.7. The predicted molar refractivity (Wildman–Crippen MR) is 315 cm³/mol. The van der Waals surface area contributed by atoms with Gasteiger partial charge in [-0.3, -0.25) is 38.8 Å². The number of amides is 4. The quantitative estimate of drug-likeness (QED) is 0.0500. The van der Waals surface area contributed by atoms with Gasteiger partial charge in [0.25, 0.3) is 0 Å². The minimum Gasteiger partial charge on any atom is -0.461 e. The molecule has 3 aromatic carbocycles. The number of piperazine rings is 1. The number of carbonyl (C=O) groups is 4. The zero-order chi connectivity index (χ0) is 58.5. The first kappa shape index (κ1) is 56.9. The Kier molecular flexibility index (Phi) is 15.8. The smallest absolute Gasteiger partial charge is 0.410 e. The Morgan fingerprint density at radius 2 is 1.83 bits per heavy atom. The Morgan fingerprint density at radius 3 is 2.57 bits per heavy atom. The molecule has 20 heteroatoms. The Labute approximate surface area is 482 Å². The average Bonchev–Trinajstić information content (AvgIpc) is 4.38. The van der Waals surface area contributed by atoms with Gasteiger partial charge in [0.1, 0.15) is 41.9 Å². The van der Waals surface area contributed by atoms with E-state index in [0.717, 1.165) is 68.0 Å². The van der Waals surface area contributed by atoms with Crippen molar-refractivity contribution in [3.63, 3.8) is 0 Å². The van der Waals surface area contributed by atoms with Crippen LogP contribution < -0.4 is 26.0 Å². The fraction of sp³-hybridized carbons (Fsp3) is 0.492. The van der Waals surface area contributed by atoms with Gasteiger partial charge in [-0.2, -0.15) is 9.97 Å². The van der Waals surface area contributed by atoms with Crippen LogP contribution >= 0.6 is 0 Å². The standard InChI is InChI=1S/C63H74FN11O8/c1-9-30-72(38(4)26-29-65-32-41-16-13-18-48-55(41)70(8)59(78)75(48)49-23-24-50(76)67-57(49)77)60(79)81-36-44-25-28-63(27-14-31-73(44)63)37-82-58-68-54-47(56(69-58)71-34-42-21-22-43(35-71)74(42)61(80)83-62(5,6)7)33-66-53(52(54)64)46-17-12-15-40-20-19-39(10-2)45(11-3)51(40)46/h3,10,12-13,15-20,33,38,42-44,49,65H,2,9,14,21-32,34-37H2,1,4-8H3,(H,67,76,77)/t38?,42?,43?,44-,49?,63-/m0/s1. The van der Waals surface area contributed by atoms with Crippen molar-refractivity contribution in [3.8, 4) is 29.6 Å². The number of para-hydroxylation sites is 1. The minimum absolute atomic E-state index is 0.0305. The van der Waals surface area contributed by atoms with E-state index in [4.69, 9.17) is 35.6 Å². The molecule has 0 saturated carbocycles. The fourth-order valence-electron chi connectivity index (χ4n) is 13.7. The molecule has 5 aliphatic rings. The second-order valence-corrected chi connectivity index (χ2v) is 24.0. The van der Waals surface area contributed by atoms with Crippen molar-refractivity contribution in [1.82, 2.24) is 49.4 Å². The highest BCUT2D eigenvalue weighted by molar-refractivity contribution is 6.04. The van der Waals surface area contributed by atoms with E-state index in [-0.39, 0.29) is 96.8 Å². The maximum atomic E-state index is 17.7. The number of ether oxygens (including phenoxy) is 3. The Hall–Kier alpha value is -7.89. The van der Waals surface area contributed by atoms with Gasteiger partial charge in [0, 0.05) is 74.4 Å². The van der Waals surface area contributed by atoms with Crippen LogP contribution in [0.4, 0.5) is 19.8 Å². The zero-order valence-corrected chi connectivity index (χ0v) is 48.3. The molecule has 83 heavy (non-hydrogen) atoms. The van der Waals surface area contributed by atoms with Gasteiger partial charge in [-0.15, -0.1) is 6.42 Å². The lowest BCUT2D eigenvalue weighted by Gasteiger charge is -2.42. The van der Waals surface area contributed by atoms with Crippen molar-refractivity contribution in [1.29, 1.82) is 0 Å². The van der Waals surface area contributed by atoms with Gasteiger partial charge in [-0.25, -0.2) is 18.8 Å². The second kappa shape index (κ2) is 23.0. The van der Waals surface area contributed by atoms with Crippen LogP contribution in [0.3, 0.4) is 0 Å². The van der Waals surface area contributed by atoms with E-state index in [1.54, 1.807) is 28.8 Å². The average molecular weight is 1130 g/mol. The third kappa shape index (κ3) is 10.8. The highest BCUT2D eigenvalue weighted by atomic mass is 19.1. The first-order valence-corrected chi connectivity index (χ1v) is 29.3. The normalized spacial score (nSPS) is 22.0. The summed E-state index contributed by atoms with van der Waals surface area (Å²) >= 11 is 0. The third-order valence-electron chi connectivity index (χ3n) is 17.6. The summed E-state index contributed by atoms with van der Waals surface area (Å²) in [6, 6.07) is 13.9. The molecule has 3 aromatic heterocycles. The van der Waals surface area contributed by atoms with Crippen LogP contribution in [0, 0.1) is 18.2 Å². The largest absolute Gasteiger partial charge is 0.461 e. The summed E-state index contributed by atoms with van der Waals surface area (Å²) in [7, 11) is 1.69. The van der Waals surface area contributed by atoms with E-state index in [2.05, 4.69) is 32.9 Å². The van der Waals surface area contributed by atoms with Gasteiger partial charge in [-0.1, -0.05) is 68.0 Å². The van der Waals surface area contributed by atoms with E-state index in [1.807, 2.05) is 88.0 Å². The summed E-state index contributed by atoms with van der Waals surface area (Å²) < 4.78 is 39.4. The number of imide groups is 1. The number of rotatable bonds is 17. The lowest BCUT2D eigenvalue weighted by atomic mass is 9.93. The zero-order valence-electron chi connectivity index (χ0n) is 48.3. The van der Waals surface area contributed by atoms with Crippen LogP contribution in [0.1, 0.15) is 122 Å². The number of benzene rings is 3. The Balaban J connectivity index is 0.782. The maximum Gasteiger partial charge on any atom is 0.410 e. The molecular weight excluding hydrogens is 1060 g/mol. The van der Waals surface area contributed by atoms with Crippen LogP contribution in [-0.4, -0.2) is 144 Å².